The van der Waals surface area contributed by atoms with Crippen LogP contribution in [0.3, 0.4) is 0 Å². The van der Waals surface area contributed by atoms with Crippen molar-refractivity contribution in [1.82, 2.24) is 9.97 Å². The van der Waals surface area contributed by atoms with Crippen LogP contribution in [0.25, 0.3) is 21.1 Å². The molecular weight excluding hydrogens is 332 g/mol. The molecule has 0 aliphatic heterocycles. The number of aromatic amines is 1. The molecule has 0 atom stereocenters. The standard InChI is InChI=1S/C12H13ClN2O2S2Si/c1-20(2,3)12-11(19(13,16)17)7-4-5-8-10(9(7)15-12)14-6-18-8/h4-6,15H,1-3H3/q-1. The molecule has 0 radical (unpaired) electrons. The van der Waals surface area contributed by atoms with Gasteiger partial charge in [0.25, 0.3) is 9.05 Å². The van der Waals surface area contributed by atoms with Crippen LogP contribution in [0.2, 0.25) is 19.6 Å². The van der Waals surface area contributed by atoms with Gasteiger partial charge in [0.05, 0.1) is 20.6 Å². The van der Waals surface area contributed by atoms with Crippen molar-refractivity contribution in [1.29, 1.82) is 0 Å². The van der Waals surface area contributed by atoms with E-state index in [0.29, 0.717) is 5.39 Å². The molecule has 3 aromatic rings. The third-order valence-corrected chi connectivity index (χ3v) is 7.44. The van der Waals surface area contributed by atoms with Gasteiger partial charge in [0.2, 0.25) is 0 Å². The Balaban J connectivity index is 2.56. The molecule has 0 aliphatic rings. The highest BCUT2D eigenvalue weighted by molar-refractivity contribution is 8.14. The Hall–Kier alpha value is -0.893. The quantitative estimate of drug-likeness (QED) is 0.573. The summed E-state index contributed by atoms with van der Waals surface area (Å²) >= 11 is 1.53. The molecular formula is C12H13ClN2O2S2Si-. The number of fused-ring (bicyclic) bond motifs is 3. The van der Waals surface area contributed by atoms with E-state index in [9.17, 15) is 8.42 Å². The van der Waals surface area contributed by atoms with Gasteiger partial charge in [-0.15, -0.1) is 24.7 Å². The van der Waals surface area contributed by atoms with Crippen molar-refractivity contribution in [2.75, 3.05) is 0 Å². The first-order chi connectivity index (χ1) is 9.19. The molecule has 20 heavy (non-hydrogen) atoms. The Morgan fingerprint density at radius 3 is 2.60 bits per heavy atom. The predicted molar refractivity (Wildman–Crippen MR) is 87.5 cm³/mol. The Labute approximate surface area is 126 Å². The van der Waals surface area contributed by atoms with Gasteiger partial charge in [0, 0.05) is 16.1 Å². The molecule has 0 bridgehead atoms. The lowest BCUT2D eigenvalue weighted by molar-refractivity contribution is 0.611. The van der Waals surface area contributed by atoms with E-state index in [2.05, 4.69) is 29.6 Å². The smallest absolute Gasteiger partial charge is 0.260 e. The summed E-state index contributed by atoms with van der Waals surface area (Å²) in [4.78, 5) is 7.84. The van der Waals surface area contributed by atoms with Gasteiger partial charge in [0.15, 0.2) is 0 Å². The zero-order chi connectivity index (χ0) is 14.7. The molecule has 0 saturated heterocycles. The van der Waals surface area contributed by atoms with Crippen molar-refractivity contribution < 1.29 is 8.42 Å². The van der Waals surface area contributed by atoms with Crippen LogP contribution < -0.4 is 5.32 Å². The fraction of sp³-hybridized carbons (Fsp3) is 0.250. The first-order valence-corrected chi connectivity index (χ1v) is 12.7. The molecule has 0 saturated carbocycles. The minimum Gasteiger partial charge on any atom is -0.389 e. The van der Waals surface area contributed by atoms with Crippen molar-refractivity contribution in [2.24, 2.45) is 0 Å². The Kier molecular flexibility index (Phi) is 3.02. The molecule has 0 fully saturated rings. The van der Waals surface area contributed by atoms with Gasteiger partial charge in [-0.05, 0) is 6.07 Å². The van der Waals surface area contributed by atoms with Crippen LogP contribution in [-0.2, 0) is 9.05 Å². The number of aromatic nitrogens is 2. The van der Waals surface area contributed by atoms with E-state index >= 15 is 0 Å². The first kappa shape index (κ1) is 14.1. The van der Waals surface area contributed by atoms with Crippen LogP contribution in [0, 0.1) is 0 Å². The summed E-state index contributed by atoms with van der Waals surface area (Å²) in [5.41, 5.74) is 3.33. The normalized spacial score (nSPS) is 13.4. The number of H-pyrrole nitrogens is 1. The van der Waals surface area contributed by atoms with Crippen molar-refractivity contribution in [3.05, 3.63) is 17.6 Å². The fourth-order valence-corrected chi connectivity index (χ4v) is 7.07. The maximum atomic E-state index is 12.0. The van der Waals surface area contributed by atoms with Crippen LogP contribution in [0.4, 0.5) is 0 Å². The third-order valence-electron chi connectivity index (χ3n) is 3.22. The zero-order valence-electron chi connectivity index (χ0n) is 11.2. The van der Waals surface area contributed by atoms with Crippen molar-refractivity contribution in [2.45, 2.75) is 24.5 Å². The average Bonchev–Trinajstić information content (AvgIpc) is 2.89. The number of hydrogen-bond donors (Lipinski definition) is 1. The summed E-state index contributed by atoms with van der Waals surface area (Å²) in [6.07, 6.45) is 0. The van der Waals surface area contributed by atoms with Gasteiger partial charge >= 0.3 is 0 Å². The third kappa shape index (κ3) is 2.09. The average molecular weight is 345 g/mol. The van der Waals surface area contributed by atoms with E-state index < -0.39 is 17.1 Å². The lowest BCUT2D eigenvalue weighted by Gasteiger charge is -2.28. The highest BCUT2D eigenvalue weighted by atomic mass is 35.7. The molecule has 4 nitrogen and oxygen atoms in total. The second kappa shape index (κ2) is 4.30. The number of nitrogens with one attached hydrogen (secondary N) is 1. The molecule has 2 aromatic heterocycles. The van der Waals surface area contributed by atoms with Crippen LogP contribution in [-0.4, -0.2) is 26.5 Å². The van der Waals surface area contributed by atoms with E-state index in [0.717, 1.165) is 21.1 Å². The number of nitrogens with zero attached hydrogens (tertiary/aromatic N) is 1. The van der Waals surface area contributed by atoms with Crippen LogP contribution in [0.15, 0.2) is 22.5 Å². The summed E-state index contributed by atoms with van der Waals surface area (Å²) < 4.78 is 25.0. The fourth-order valence-electron chi connectivity index (χ4n) is 2.34. The predicted octanol–water partition coefficient (Wildman–Crippen LogP) is 3.25. The molecule has 8 heteroatoms. The highest BCUT2D eigenvalue weighted by Crippen LogP contribution is 2.32. The largest absolute Gasteiger partial charge is 0.389 e. The Morgan fingerprint density at radius 2 is 2.00 bits per heavy atom. The highest BCUT2D eigenvalue weighted by Gasteiger charge is 2.24. The second-order valence-electron chi connectivity index (χ2n) is 5.70. The van der Waals surface area contributed by atoms with E-state index in [4.69, 9.17) is 10.7 Å². The molecule has 1 aromatic carbocycles. The summed E-state index contributed by atoms with van der Waals surface area (Å²) in [6.45, 7) is 6.25. The van der Waals surface area contributed by atoms with E-state index in [1.807, 2.05) is 12.1 Å². The number of halogens is 1. The van der Waals surface area contributed by atoms with E-state index in [-0.39, 0.29) is 4.90 Å². The Bertz CT molecular complexity index is 922. The zero-order valence-corrected chi connectivity index (χ0v) is 14.6. The maximum Gasteiger partial charge on any atom is 0.260 e. The lowest BCUT2D eigenvalue weighted by Crippen LogP contribution is -2.41. The van der Waals surface area contributed by atoms with Gasteiger partial charge < -0.3 is 4.98 Å². The molecule has 0 amide bonds. The number of hydrogen-bond acceptors (Lipinski definition) is 4. The van der Waals surface area contributed by atoms with Gasteiger partial charge in [-0.25, -0.2) is 13.4 Å². The number of thiazole rings is 1. The molecule has 0 unspecified atom stereocenters. The minimum atomic E-state index is -3.80. The topological polar surface area (TPSA) is 62.8 Å². The second-order valence-corrected chi connectivity index (χ2v) is 14.1. The maximum absolute atomic E-state index is 12.0. The van der Waals surface area contributed by atoms with Gasteiger partial charge in [-0.2, -0.15) is 19.6 Å². The number of rotatable bonds is 2. The number of benzene rings is 1. The van der Waals surface area contributed by atoms with Crippen molar-refractivity contribution >= 4 is 65.6 Å². The first-order valence-electron chi connectivity index (χ1n) is 6.02. The van der Waals surface area contributed by atoms with E-state index in [1.54, 1.807) is 5.51 Å². The van der Waals surface area contributed by atoms with Crippen LogP contribution >= 0.6 is 22.0 Å². The van der Waals surface area contributed by atoms with Crippen LogP contribution in [0.5, 0.6) is 0 Å². The monoisotopic (exact) mass is 344 g/mol. The molecule has 1 N–H and O–H groups in total. The molecule has 3 rings (SSSR count). The molecule has 2 heterocycles. The molecule has 0 spiro atoms. The van der Waals surface area contributed by atoms with Crippen LogP contribution in [0.1, 0.15) is 0 Å². The lowest BCUT2D eigenvalue weighted by atomic mass is 10.2. The van der Waals surface area contributed by atoms with Gasteiger partial charge in [-0.3, -0.25) is 0 Å². The summed E-state index contributed by atoms with van der Waals surface area (Å²) in [5.74, 6) is 0. The van der Waals surface area contributed by atoms with Gasteiger partial charge in [0.1, 0.15) is 5.52 Å². The van der Waals surface area contributed by atoms with Gasteiger partial charge in [-0.1, -0.05) is 6.07 Å². The summed E-state index contributed by atoms with van der Waals surface area (Å²) in [5, 5.41) is 1.39. The molecule has 0 aliphatic carbocycles. The minimum absolute atomic E-state index is 0.225. The SMILES string of the molecule is C[Si-](C)(C)c1[nH]c2c(ccc3scnc32)c1S(=O)(=O)Cl. The molecule has 107 valence electrons. The van der Waals surface area contributed by atoms with E-state index in [1.165, 1.54) is 11.3 Å². The Morgan fingerprint density at radius 1 is 1.30 bits per heavy atom. The van der Waals surface area contributed by atoms with Crippen molar-refractivity contribution in [3.63, 3.8) is 0 Å². The summed E-state index contributed by atoms with van der Waals surface area (Å²) in [6, 6.07) is 3.70. The van der Waals surface area contributed by atoms with Crippen molar-refractivity contribution in [3.8, 4) is 0 Å². The summed E-state index contributed by atoms with van der Waals surface area (Å²) in [7, 11) is -0.00970.